The van der Waals surface area contributed by atoms with Crippen molar-refractivity contribution in [3.8, 4) is 11.5 Å². The molecule has 1 aromatic carbocycles. The van der Waals surface area contributed by atoms with Crippen LogP contribution in [0.5, 0.6) is 11.5 Å². The monoisotopic (exact) mass is 356 g/mol. The lowest BCUT2D eigenvalue weighted by Gasteiger charge is -2.39. The van der Waals surface area contributed by atoms with Gasteiger partial charge in [0, 0.05) is 19.3 Å². The zero-order chi connectivity index (χ0) is 18.9. The van der Waals surface area contributed by atoms with Crippen molar-refractivity contribution in [2.75, 3.05) is 0 Å². The van der Waals surface area contributed by atoms with Gasteiger partial charge >= 0.3 is 5.97 Å². The van der Waals surface area contributed by atoms with Crippen molar-refractivity contribution < 1.29 is 45.3 Å². The highest BCUT2D eigenvalue weighted by Gasteiger charge is 2.51. The Hall–Kier alpha value is -2.20. The zero-order valence-electron chi connectivity index (χ0n) is 13.1. The van der Waals surface area contributed by atoms with Gasteiger partial charge in [0.05, 0.1) is 18.1 Å². The van der Waals surface area contributed by atoms with E-state index in [1.54, 1.807) is 0 Å². The molecule has 0 saturated heterocycles. The number of carboxylic acid groups (broad SMARTS) is 1. The number of aromatic hydroxyl groups is 2. The van der Waals surface area contributed by atoms with Crippen LogP contribution in [0.15, 0.2) is 18.2 Å². The molecule has 3 atom stereocenters. The SMILES string of the molecule is O=C(C(O)Cc1ccc(O)c(O)c1)C1C(O)CC(O)(C(=O)O)CC1O. The third-order valence-electron chi connectivity index (χ3n) is 4.45. The summed E-state index contributed by atoms with van der Waals surface area (Å²) in [6.07, 6.45) is -6.45. The van der Waals surface area contributed by atoms with Crippen LogP contribution in [0.2, 0.25) is 0 Å². The summed E-state index contributed by atoms with van der Waals surface area (Å²) in [6.45, 7) is 0. The van der Waals surface area contributed by atoms with Gasteiger partial charge in [0.25, 0.3) is 0 Å². The van der Waals surface area contributed by atoms with E-state index >= 15 is 0 Å². The van der Waals surface area contributed by atoms with Gasteiger partial charge in [-0.2, -0.15) is 0 Å². The smallest absolute Gasteiger partial charge is 0.335 e. The number of hydrogen-bond acceptors (Lipinski definition) is 8. The normalized spacial score (nSPS) is 30.6. The predicted molar refractivity (Wildman–Crippen MR) is 81.8 cm³/mol. The molecule has 0 heterocycles. The number of aliphatic hydroxyl groups excluding tert-OH is 3. The van der Waals surface area contributed by atoms with E-state index in [4.69, 9.17) is 5.11 Å². The van der Waals surface area contributed by atoms with Crippen molar-refractivity contribution in [2.24, 2.45) is 5.92 Å². The van der Waals surface area contributed by atoms with Crippen molar-refractivity contribution in [1.29, 1.82) is 0 Å². The number of aliphatic hydroxyl groups is 4. The second kappa shape index (κ2) is 6.96. The number of ketones is 1. The fourth-order valence-corrected chi connectivity index (χ4v) is 3.08. The van der Waals surface area contributed by atoms with E-state index < -0.39 is 60.2 Å². The Morgan fingerprint density at radius 1 is 1.12 bits per heavy atom. The Labute approximate surface area is 142 Å². The van der Waals surface area contributed by atoms with E-state index in [0.717, 1.165) is 6.07 Å². The van der Waals surface area contributed by atoms with Crippen LogP contribution in [0.4, 0.5) is 0 Å². The molecule has 138 valence electrons. The standard InChI is InChI=1S/C16H20O9/c17-8-2-1-7(3-9(8)18)4-10(19)14(22)13-11(20)5-16(25,15(23)24)6-12(13)21/h1-3,10-13,17-21,25H,4-6H2,(H,23,24). The fourth-order valence-electron chi connectivity index (χ4n) is 3.08. The minimum atomic E-state index is -2.34. The first kappa shape index (κ1) is 19.1. The van der Waals surface area contributed by atoms with Crippen LogP contribution in [0.25, 0.3) is 0 Å². The molecule has 1 aliphatic carbocycles. The first-order valence-electron chi connectivity index (χ1n) is 7.59. The summed E-state index contributed by atoms with van der Waals surface area (Å²) in [5.41, 5.74) is -2.01. The van der Waals surface area contributed by atoms with Crippen molar-refractivity contribution in [1.82, 2.24) is 0 Å². The molecule has 0 bridgehead atoms. The Bertz CT molecular complexity index is 660. The quantitative estimate of drug-likeness (QED) is 0.310. The maximum absolute atomic E-state index is 12.3. The molecule has 1 fully saturated rings. The van der Waals surface area contributed by atoms with Gasteiger partial charge in [0.1, 0.15) is 6.10 Å². The van der Waals surface area contributed by atoms with Crippen molar-refractivity contribution in [3.63, 3.8) is 0 Å². The van der Waals surface area contributed by atoms with Gasteiger partial charge < -0.3 is 35.7 Å². The second-order valence-electron chi connectivity index (χ2n) is 6.35. The fraction of sp³-hybridized carbons (Fsp3) is 0.500. The first-order chi connectivity index (χ1) is 11.5. The summed E-state index contributed by atoms with van der Waals surface area (Å²) in [5, 5.41) is 67.6. The Balaban J connectivity index is 2.11. The summed E-state index contributed by atoms with van der Waals surface area (Å²) in [6, 6.07) is 3.71. The number of phenols is 2. The summed E-state index contributed by atoms with van der Waals surface area (Å²) >= 11 is 0. The number of hydrogen-bond donors (Lipinski definition) is 7. The molecule has 1 saturated carbocycles. The minimum Gasteiger partial charge on any atom is -0.504 e. The molecule has 0 spiro atoms. The van der Waals surface area contributed by atoms with Gasteiger partial charge in [-0.05, 0) is 17.7 Å². The molecular formula is C16H20O9. The van der Waals surface area contributed by atoms with Crippen LogP contribution in [-0.4, -0.2) is 71.4 Å². The maximum atomic E-state index is 12.3. The number of carbonyl (C=O) groups is 2. The Morgan fingerprint density at radius 3 is 2.16 bits per heavy atom. The number of Topliss-reactive ketones (excluding diaryl/α,β-unsaturated/α-hetero) is 1. The molecular weight excluding hydrogens is 336 g/mol. The zero-order valence-corrected chi connectivity index (χ0v) is 13.1. The molecule has 3 unspecified atom stereocenters. The molecule has 7 N–H and O–H groups in total. The highest BCUT2D eigenvalue weighted by molar-refractivity contribution is 5.87. The molecule has 0 aliphatic heterocycles. The molecule has 2 rings (SSSR count). The van der Waals surface area contributed by atoms with Crippen LogP contribution >= 0.6 is 0 Å². The Morgan fingerprint density at radius 2 is 1.68 bits per heavy atom. The average Bonchev–Trinajstić information content (AvgIpc) is 2.49. The molecule has 1 aliphatic rings. The maximum Gasteiger partial charge on any atom is 0.335 e. The molecule has 1 aromatic rings. The summed E-state index contributed by atoms with van der Waals surface area (Å²) in [7, 11) is 0. The molecule has 0 radical (unpaired) electrons. The molecule has 0 amide bonds. The van der Waals surface area contributed by atoms with Crippen LogP contribution in [0, 0.1) is 5.92 Å². The highest BCUT2D eigenvalue weighted by Crippen LogP contribution is 2.34. The lowest BCUT2D eigenvalue weighted by molar-refractivity contribution is -0.182. The predicted octanol–water partition coefficient (Wildman–Crippen LogP) is -1.48. The third-order valence-corrected chi connectivity index (χ3v) is 4.45. The third kappa shape index (κ3) is 3.90. The molecule has 9 nitrogen and oxygen atoms in total. The topological polar surface area (TPSA) is 176 Å². The number of carboxylic acids is 1. The number of phenolic OH excluding ortho intramolecular Hbond substituents is 2. The molecule has 0 aromatic heterocycles. The van der Waals surface area contributed by atoms with E-state index in [0.29, 0.717) is 5.56 Å². The van der Waals surface area contributed by atoms with Gasteiger partial charge in [0.15, 0.2) is 22.9 Å². The van der Waals surface area contributed by atoms with Crippen LogP contribution in [-0.2, 0) is 16.0 Å². The number of benzene rings is 1. The van der Waals surface area contributed by atoms with E-state index in [1.807, 2.05) is 0 Å². The van der Waals surface area contributed by atoms with E-state index in [9.17, 15) is 40.2 Å². The van der Waals surface area contributed by atoms with Gasteiger partial charge in [-0.25, -0.2) is 4.79 Å². The first-order valence-corrected chi connectivity index (χ1v) is 7.59. The lowest BCUT2D eigenvalue weighted by atomic mass is 9.72. The average molecular weight is 356 g/mol. The van der Waals surface area contributed by atoms with Crippen LogP contribution in [0.1, 0.15) is 18.4 Å². The van der Waals surface area contributed by atoms with Crippen LogP contribution < -0.4 is 0 Å². The minimum absolute atomic E-state index is 0.244. The summed E-state index contributed by atoms with van der Waals surface area (Å²) in [4.78, 5) is 23.4. The second-order valence-corrected chi connectivity index (χ2v) is 6.35. The number of rotatable bonds is 5. The largest absolute Gasteiger partial charge is 0.504 e. The molecule has 25 heavy (non-hydrogen) atoms. The van der Waals surface area contributed by atoms with Crippen LogP contribution in [0.3, 0.4) is 0 Å². The van der Waals surface area contributed by atoms with Gasteiger partial charge in [-0.15, -0.1) is 0 Å². The summed E-state index contributed by atoms with van der Waals surface area (Å²) in [5.74, 6) is -4.76. The van der Waals surface area contributed by atoms with E-state index in [2.05, 4.69) is 0 Å². The van der Waals surface area contributed by atoms with Crippen molar-refractivity contribution in [3.05, 3.63) is 23.8 Å². The number of aliphatic carboxylic acids is 1. The summed E-state index contributed by atoms with van der Waals surface area (Å²) < 4.78 is 0. The number of carbonyl (C=O) groups excluding carboxylic acids is 1. The van der Waals surface area contributed by atoms with Gasteiger partial charge in [-0.1, -0.05) is 6.07 Å². The highest BCUT2D eigenvalue weighted by atomic mass is 16.4. The van der Waals surface area contributed by atoms with E-state index in [1.165, 1.54) is 12.1 Å². The Kier molecular flexibility index (Phi) is 5.33. The van der Waals surface area contributed by atoms with Gasteiger partial charge in [-0.3, -0.25) is 4.79 Å². The van der Waals surface area contributed by atoms with E-state index in [-0.39, 0.29) is 12.2 Å². The van der Waals surface area contributed by atoms with Gasteiger partial charge in [0.2, 0.25) is 0 Å². The van der Waals surface area contributed by atoms with Crippen molar-refractivity contribution >= 4 is 11.8 Å². The lowest BCUT2D eigenvalue weighted by Crippen LogP contribution is -2.57. The van der Waals surface area contributed by atoms with Crippen molar-refractivity contribution in [2.45, 2.75) is 43.2 Å². The molecule has 9 heteroatoms.